The molecule has 0 aliphatic carbocycles. The summed E-state index contributed by atoms with van der Waals surface area (Å²) in [5, 5.41) is 4.55. The molecular formula is C14H21N5O. The van der Waals surface area contributed by atoms with Gasteiger partial charge in [0.25, 0.3) is 0 Å². The lowest BCUT2D eigenvalue weighted by Crippen LogP contribution is -2.31. The molecule has 20 heavy (non-hydrogen) atoms. The lowest BCUT2D eigenvalue weighted by Gasteiger charge is -2.18. The van der Waals surface area contributed by atoms with Gasteiger partial charge in [-0.3, -0.25) is 15.5 Å². The molecule has 0 saturated carbocycles. The number of hydrazine groups is 1. The molecule has 0 radical (unpaired) electrons. The minimum Gasteiger partial charge on any atom is -0.495 e. The van der Waals surface area contributed by atoms with E-state index in [-0.39, 0.29) is 6.04 Å². The van der Waals surface area contributed by atoms with Crippen LogP contribution in [0.5, 0.6) is 5.75 Å². The Labute approximate surface area is 118 Å². The highest BCUT2D eigenvalue weighted by Gasteiger charge is 2.22. The molecule has 0 spiro atoms. The number of hydrogen-bond donors (Lipinski definition) is 2. The summed E-state index contributed by atoms with van der Waals surface area (Å²) in [4.78, 5) is 4.40. The monoisotopic (exact) mass is 275 g/mol. The van der Waals surface area contributed by atoms with Crippen molar-refractivity contribution in [2.45, 2.75) is 32.9 Å². The first-order valence-electron chi connectivity index (χ1n) is 6.76. The third-order valence-corrected chi connectivity index (χ3v) is 3.28. The number of nitrogens with two attached hydrogens (primary N) is 1. The van der Waals surface area contributed by atoms with E-state index in [4.69, 9.17) is 10.6 Å². The van der Waals surface area contributed by atoms with Crippen molar-refractivity contribution in [3.63, 3.8) is 0 Å². The van der Waals surface area contributed by atoms with Crippen LogP contribution in [0.2, 0.25) is 0 Å². The van der Waals surface area contributed by atoms with E-state index in [1.54, 1.807) is 13.3 Å². The number of hydrogen-bond acceptors (Lipinski definition) is 5. The predicted octanol–water partition coefficient (Wildman–Crippen LogP) is 1.42. The molecule has 3 N–H and O–H groups in total. The maximum absolute atomic E-state index is 5.75. The Kier molecular flexibility index (Phi) is 4.70. The van der Waals surface area contributed by atoms with Gasteiger partial charge in [0.1, 0.15) is 17.5 Å². The van der Waals surface area contributed by atoms with E-state index in [2.05, 4.69) is 35.4 Å². The third kappa shape index (κ3) is 2.66. The molecule has 6 nitrogen and oxygen atoms in total. The van der Waals surface area contributed by atoms with E-state index < -0.39 is 0 Å². The Morgan fingerprint density at radius 1 is 1.45 bits per heavy atom. The van der Waals surface area contributed by atoms with Gasteiger partial charge >= 0.3 is 0 Å². The third-order valence-electron chi connectivity index (χ3n) is 3.28. The summed E-state index contributed by atoms with van der Waals surface area (Å²) in [5.74, 6) is 6.45. The number of methoxy groups -OCH3 is 1. The minimum absolute atomic E-state index is 0.251. The molecule has 0 fully saturated rings. The summed E-state index contributed by atoms with van der Waals surface area (Å²) in [6.07, 6.45) is 2.62. The number of pyridine rings is 1. The van der Waals surface area contributed by atoms with Crippen LogP contribution in [0.3, 0.4) is 0 Å². The Balaban J connectivity index is 2.49. The normalized spacial score (nSPS) is 12.4. The van der Waals surface area contributed by atoms with Crippen LogP contribution in [-0.2, 0) is 13.0 Å². The fourth-order valence-corrected chi connectivity index (χ4v) is 2.24. The van der Waals surface area contributed by atoms with Crippen molar-refractivity contribution in [1.82, 2.24) is 20.2 Å². The molecular weight excluding hydrogens is 254 g/mol. The number of ether oxygens (including phenoxy) is 1. The van der Waals surface area contributed by atoms with Gasteiger partial charge in [-0.2, -0.15) is 5.10 Å². The van der Waals surface area contributed by atoms with Crippen LogP contribution in [-0.4, -0.2) is 21.9 Å². The Morgan fingerprint density at radius 3 is 2.85 bits per heavy atom. The average Bonchev–Trinajstić information content (AvgIpc) is 2.92. The first-order valence-corrected chi connectivity index (χ1v) is 6.76. The van der Waals surface area contributed by atoms with Crippen LogP contribution in [0.15, 0.2) is 24.4 Å². The highest BCUT2D eigenvalue weighted by molar-refractivity contribution is 5.35. The molecule has 0 aromatic carbocycles. The molecule has 0 saturated heterocycles. The second-order valence-corrected chi connectivity index (χ2v) is 4.42. The Hall–Kier alpha value is -1.92. The highest BCUT2D eigenvalue weighted by atomic mass is 16.5. The molecule has 0 aliphatic rings. The van der Waals surface area contributed by atoms with Crippen molar-refractivity contribution in [1.29, 1.82) is 0 Å². The number of nitrogens with zero attached hydrogens (tertiary/aromatic N) is 3. The maximum Gasteiger partial charge on any atom is 0.142 e. The molecule has 1 unspecified atom stereocenters. The van der Waals surface area contributed by atoms with Crippen molar-refractivity contribution in [3.8, 4) is 5.75 Å². The van der Waals surface area contributed by atoms with Gasteiger partial charge in [0, 0.05) is 12.7 Å². The smallest absolute Gasteiger partial charge is 0.142 e. The number of aryl methyl sites for hydroxylation is 2. The van der Waals surface area contributed by atoms with Crippen LogP contribution >= 0.6 is 0 Å². The zero-order chi connectivity index (χ0) is 14.5. The topological polar surface area (TPSA) is 78.0 Å². The summed E-state index contributed by atoms with van der Waals surface area (Å²) in [6, 6.07) is 5.52. The summed E-state index contributed by atoms with van der Waals surface area (Å²) < 4.78 is 7.31. The lowest BCUT2D eigenvalue weighted by atomic mass is 10.1. The van der Waals surface area contributed by atoms with E-state index >= 15 is 0 Å². The van der Waals surface area contributed by atoms with Crippen molar-refractivity contribution >= 4 is 0 Å². The maximum atomic E-state index is 5.75. The molecule has 0 amide bonds. The van der Waals surface area contributed by atoms with Gasteiger partial charge in [0.2, 0.25) is 0 Å². The second-order valence-electron chi connectivity index (χ2n) is 4.42. The van der Waals surface area contributed by atoms with E-state index in [1.807, 2.05) is 16.8 Å². The van der Waals surface area contributed by atoms with Gasteiger partial charge in [-0.15, -0.1) is 0 Å². The zero-order valence-corrected chi connectivity index (χ0v) is 12.1. The average molecular weight is 275 g/mol. The standard InChI is InChI=1S/C14H21N5O/c1-4-10-9-11(19(5-2)18-10)13(17-15)14-12(20-3)7-6-8-16-14/h6-9,13,17H,4-5,15H2,1-3H3. The number of aromatic nitrogens is 3. The van der Waals surface area contributed by atoms with Gasteiger partial charge in [0.15, 0.2) is 0 Å². The highest BCUT2D eigenvalue weighted by Crippen LogP contribution is 2.27. The number of nitrogens with one attached hydrogen (secondary N) is 1. The summed E-state index contributed by atoms with van der Waals surface area (Å²) >= 11 is 0. The van der Waals surface area contributed by atoms with E-state index in [0.29, 0.717) is 5.75 Å². The summed E-state index contributed by atoms with van der Waals surface area (Å²) in [7, 11) is 1.63. The van der Waals surface area contributed by atoms with Gasteiger partial charge < -0.3 is 4.74 Å². The molecule has 2 heterocycles. The van der Waals surface area contributed by atoms with Crippen LogP contribution in [0.4, 0.5) is 0 Å². The van der Waals surface area contributed by atoms with Crippen LogP contribution in [0.1, 0.15) is 37.0 Å². The van der Waals surface area contributed by atoms with Crippen LogP contribution in [0.25, 0.3) is 0 Å². The molecule has 6 heteroatoms. The SMILES string of the molecule is CCc1cc(C(NN)c2ncccc2OC)n(CC)n1. The van der Waals surface area contributed by atoms with E-state index in [9.17, 15) is 0 Å². The first kappa shape index (κ1) is 14.5. The van der Waals surface area contributed by atoms with Crippen molar-refractivity contribution in [2.24, 2.45) is 5.84 Å². The van der Waals surface area contributed by atoms with Gasteiger partial charge in [-0.05, 0) is 31.5 Å². The van der Waals surface area contributed by atoms with Crippen molar-refractivity contribution < 1.29 is 4.74 Å². The molecule has 108 valence electrons. The fourth-order valence-electron chi connectivity index (χ4n) is 2.24. The Morgan fingerprint density at radius 2 is 2.25 bits per heavy atom. The second kappa shape index (κ2) is 6.49. The molecule has 0 bridgehead atoms. The van der Waals surface area contributed by atoms with Crippen molar-refractivity contribution in [3.05, 3.63) is 41.5 Å². The van der Waals surface area contributed by atoms with Crippen LogP contribution < -0.4 is 16.0 Å². The zero-order valence-electron chi connectivity index (χ0n) is 12.1. The van der Waals surface area contributed by atoms with Crippen molar-refractivity contribution in [2.75, 3.05) is 7.11 Å². The predicted molar refractivity (Wildman–Crippen MR) is 77.2 cm³/mol. The van der Waals surface area contributed by atoms with Gasteiger partial charge in [-0.25, -0.2) is 5.43 Å². The molecule has 2 aromatic heterocycles. The minimum atomic E-state index is -0.251. The fraction of sp³-hybridized carbons (Fsp3) is 0.429. The first-order chi connectivity index (χ1) is 9.74. The molecule has 2 rings (SSSR count). The quantitative estimate of drug-likeness (QED) is 0.616. The molecule has 1 atom stereocenters. The summed E-state index contributed by atoms with van der Waals surface area (Å²) in [6.45, 7) is 4.92. The van der Waals surface area contributed by atoms with E-state index in [1.165, 1.54) is 0 Å². The number of rotatable bonds is 6. The summed E-state index contributed by atoms with van der Waals surface area (Å²) in [5.41, 5.74) is 5.61. The van der Waals surface area contributed by atoms with Gasteiger partial charge in [0.05, 0.1) is 18.5 Å². The largest absolute Gasteiger partial charge is 0.495 e. The Bertz CT molecular complexity index is 566. The van der Waals surface area contributed by atoms with Gasteiger partial charge in [-0.1, -0.05) is 6.92 Å². The molecule has 2 aromatic rings. The lowest BCUT2D eigenvalue weighted by molar-refractivity contribution is 0.397. The van der Waals surface area contributed by atoms with E-state index in [0.717, 1.165) is 30.0 Å². The molecule has 0 aliphatic heterocycles. The van der Waals surface area contributed by atoms with Crippen LogP contribution in [0, 0.1) is 0 Å².